The second-order valence-electron chi connectivity index (χ2n) is 4.52. The quantitative estimate of drug-likeness (QED) is 0.774. The van der Waals surface area contributed by atoms with Crippen LogP contribution in [0.4, 0.5) is 5.69 Å². The molecule has 1 aliphatic rings. The summed E-state index contributed by atoms with van der Waals surface area (Å²) in [6.07, 6.45) is 3.25. The number of hydrogen-bond donors (Lipinski definition) is 1. The topological polar surface area (TPSA) is 24.9 Å². The van der Waals surface area contributed by atoms with Gasteiger partial charge in [-0.05, 0) is 48.6 Å². The summed E-state index contributed by atoms with van der Waals surface area (Å²) < 4.78 is 0. The third-order valence-electron chi connectivity index (χ3n) is 3.39. The molecule has 3 heteroatoms. The van der Waals surface area contributed by atoms with Gasteiger partial charge in [-0.3, -0.25) is 0 Å². The van der Waals surface area contributed by atoms with Gasteiger partial charge in [0.2, 0.25) is 0 Å². The zero-order valence-corrected chi connectivity index (χ0v) is 10.6. The van der Waals surface area contributed by atoms with Gasteiger partial charge in [0.25, 0.3) is 0 Å². The molecule has 1 aromatic carbocycles. The third kappa shape index (κ3) is 1.87. The molecule has 0 saturated heterocycles. The highest BCUT2D eigenvalue weighted by atomic mass is 35.5. The molecule has 0 unspecified atom stereocenters. The average Bonchev–Trinajstić information content (AvgIpc) is 2.35. The van der Waals surface area contributed by atoms with Crippen molar-refractivity contribution in [2.75, 3.05) is 11.9 Å². The smallest absolute Gasteiger partial charge is 0.132 e. The first kappa shape index (κ1) is 10.8. The maximum Gasteiger partial charge on any atom is 0.132 e. The predicted molar refractivity (Wildman–Crippen MR) is 72.9 cm³/mol. The number of nitrogens with zero attached hydrogens (tertiary/aromatic N) is 1. The first-order chi connectivity index (χ1) is 8.28. The summed E-state index contributed by atoms with van der Waals surface area (Å²) in [7, 11) is 0. The summed E-state index contributed by atoms with van der Waals surface area (Å²) in [5.41, 5.74) is 4.75. The summed E-state index contributed by atoms with van der Waals surface area (Å²) in [5, 5.41) is 5.27. The fourth-order valence-electron chi connectivity index (χ4n) is 2.41. The second kappa shape index (κ2) is 4.19. The van der Waals surface area contributed by atoms with E-state index in [0.717, 1.165) is 30.5 Å². The highest BCUT2D eigenvalue weighted by molar-refractivity contribution is 6.30. The van der Waals surface area contributed by atoms with E-state index < -0.39 is 0 Å². The van der Waals surface area contributed by atoms with Crippen LogP contribution in [0, 0.1) is 0 Å². The van der Waals surface area contributed by atoms with Crippen molar-refractivity contribution < 1.29 is 0 Å². The van der Waals surface area contributed by atoms with Gasteiger partial charge in [0.1, 0.15) is 5.15 Å². The lowest BCUT2D eigenvalue weighted by Gasteiger charge is -2.18. The average molecular weight is 247 g/mol. The van der Waals surface area contributed by atoms with Gasteiger partial charge in [-0.15, -0.1) is 0 Å². The number of hydrogen-bond acceptors (Lipinski definition) is 2. The molecule has 0 bridgehead atoms. The molecule has 0 aliphatic carbocycles. The fourth-order valence-corrected chi connectivity index (χ4v) is 2.69. The van der Waals surface area contributed by atoms with Gasteiger partial charge in [0.15, 0.2) is 0 Å². The highest BCUT2D eigenvalue weighted by Crippen LogP contribution is 2.29. The van der Waals surface area contributed by atoms with E-state index >= 15 is 0 Å². The Morgan fingerprint density at radius 1 is 1.35 bits per heavy atom. The summed E-state index contributed by atoms with van der Waals surface area (Å²) in [6.45, 7) is 3.17. The van der Waals surface area contributed by atoms with E-state index in [1.165, 1.54) is 23.1 Å². The zero-order valence-electron chi connectivity index (χ0n) is 9.89. The molecule has 17 heavy (non-hydrogen) atoms. The van der Waals surface area contributed by atoms with Crippen LogP contribution in [-0.4, -0.2) is 11.5 Å². The summed E-state index contributed by atoms with van der Waals surface area (Å²) in [6, 6.07) is 6.52. The van der Waals surface area contributed by atoms with Gasteiger partial charge in [-0.2, -0.15) is 0 Å². The third-order valence-corrected chi connectivity index (χ3v) is 3.71. The van der Waals surface area contributed by atoms with Gasteiger partial charge < -0.3 is 5.32 Å². The molecule has 2 aromatic rings. The Kier molecular flexibility index (Phi) is 2.67. The van der Waals surface area contributed by atoms with Crippen LogP contribution in [0.3, 0.4) is 0 Å². The number of nitrogens with one attached hydrogen (secondary N) is 1. The SMILES string of the molecule is CCc1cc2cc3c(cc2nc1Cl)CCCN3. The van der Waals surface area contributed by atoms with Crippen LogP contribution in [-0.2, 0) is 12.8 Å². The molecule has 1 aliphatic heterocycles. The van der Waals surface area contributed by atoms with Gasteiger partial charge >= 0.3 is 0 Å². The van der Waals surface area contributed by atoms with Gasteiger partial charge in [-0.25, -0.2) is 4.98 Å². The first-order valence-corrected chi connectivity index (χ1v) is 6.51. The number of aryl methyl sites for hydroxylation is 2. The second-order valence-corrected chi connectivity index (χ2v) is 4.88. The molecule has 0 radical (unpaired) electrons. The zero-order chi connectivity index (χ0) is 11.8. The minimum absolute atomic E-state index is 0.642. The van der Waals surface area contributed by atoms with Crippen molar-refractivity contribution in [2.45, 2.75) is 26.2 Å². The minimum atomic E-state index is 0.642. The molecule has 0 atom stereocenters. The largest absolute Gasteiger partial charge is 0.385 e. The summed E-state index contributed by atoms with van der Waals surface area (Å²) in [5.74, 6) is 0. The van der Waals surface area contributed by atoms with Gasteiger partial charge in [0, 0.05) is 17.6 Å². The minimum Gasteiger partial charge on any atom is -0.385 e. The Labute approximate surface area is 106 Å². The van der Waals surface area contributed by atoms with Crippen LogP contribution in [0.1, 0.15) is 24.5 Å². The Morgan fingerprint density at radius 3 is 3.06 bits per heavy atom. The normalized spacial score (nSPS) is 14.5. The fraction of sp³-hybridized carbons (Fsp3) is 0.357. The maximum absolute atomic E-state index is 6.16. The van der Waals surface area contributed by atoms with E-state index in [9.17, 15) is 0 Å². The Hall–Kier alpha value is -1.28. The number of benzene rings is 1. The molecule has 1 N–H and O–H groups in total. The van der Waals surface area contributed by atoms with E-state index in [-0.39, 0.29) is 0 Å². The number of pyridine rings is 1. The van der Waals surface area contributed by atoms with E-state index in [1.807, 2.05) is 0 Å². The van der Waals surface area contributed by atoms with Crippen LogP contribution in [0.5, 0.6) is 0 Å². The van der Waals surface area contributed by atoms with E-state index in [1.54, 1.807) is 0 Å². The van der Waals surface area contributed by atoms with Crippen molar-refractivity contribution in [3.63, 3.8) is 0 Å². The van der Waals surface area contributed by atoms with Crippen molar-refractivity contribution in [1.82, 2.24) is 4.98 Å². The van der Waals surface area contributed by atoms with E-state index in [2.05, 4.69) is 35.4 Å². The number of rotatable bonds is 1. The lowest BCUT2D eigenvalue weighted by atomic mass is 10.0. The summed E-state index contributed by atoms with van der Waals surface area (Å²) in [4.78, 5) is 4.49. The number of anilines is 1. The monoisotopic (exact) mass is 246 g/mol. The highest BCUT2D eigenvalue weighted by Gasteiger charge is 2.11. The lowest BCUT2D eigenvalue weighted by Crippen LogP contribution is -2.11. The van der Waals surface area contributed by atoms with Crippen LogP contribution >= 0.6 is 11.6 Å². The van der Waals surface area contributed by atoms with Crippen LogP contribution in [0.2, 0.25) is 5.15 Å². The first-order valence-electron chi connectivity index (χ1n) is 6.14. The van der Waals surface area contributed by atoms with E-state index in [0.29, 0.717) is 5.15 Å². The number of aromatic nitrogens is 1. The Bertz CT molecular complexity index is 578. The van der Waals surface area contributed by atoms with E-state index in [4.69, 9.17) is 11.6 Å². The number of fused-ring (bicyclic) bond motifs is 2. The standard InChI is InChI=1S/C14H15ClN2/c1-2-9-6-11-8-12-10(4-3-5-16-12)7-13(11)17-14(9)15/h6-8,16H,2-5H2,1H3. The van der Waals surface area contributed by atoms with Crippen molar-refractivity contribution in [3.05, 3.63) is 34.5 Å². The molecule has 2 heterocycles. The molecular formula is C14H15ClN2. The molecule has 0 amide bonds. The van der Waals surface area contributed by atoms with Crippen LogP contribution in [0.25, 0.3) is 10.9 Å². The molecule has 3 rings (SSSR count). The Morgan fingerprint density at radius 2 is 2.24 bits per heavy atom. The lowest BCUT2D eigenvalue weighted by molar-refractivity contribution is 0.831. The van der Waals surface area contributed by atoms with Crippen molar-refractivity contribution >= 4 is 28.2 Å². The van der Waals surface area contributed by atoms with Crippen molar-refractivity contribution in [1.29, 1.82) is 0 Å². The van der Waals surface area contributed by atoms with Gasteiger partial charge in [-0.1, -0.05) is 18.5 Å². The van der Waals surface area contributed by atoms with Gasteiger partial charge in [0.05, 0.1) is 5.52 Å². The van der Waals surface area contributed by atoms with Crippen molar-refractivity contribution in [3.8, 4) is 0 Å². The molecule has 88 valence electrons. The van der Waals surface area contributed by atoms with Crippen LogP contribution in [0.15, 0.2) is 18.2 Å². The molecule has 2 nitrogen and oxygen atoms in total. The maximum atomic E-state index is 6.16. The molecular weight excluding hydrogens is 232 g/mol. The molecule has 0 spiro atoms. The molecule has 1 aromatic heterocycles. The number of halogens is 1. The molecule has 0 saturated carbocycles. The van der Waals surface area contributed by atoms with Crippen molar-refractivity contribution in [2.24, 2.45) is 0 Å². The Balaban J connectivity index is 2.23. The predicted octanol–water partition coefficient (Wildman–Crippen LogP) is 3.81. The summed E-state index contributed by atoms with van der Waals surface area (Å²) >= 11 is 6.16. The molecule has 0 fully saturated rings. The van der Waals surface area contributed by atoms with Crippen LogP contribution < -0.4 is 5.32 Å².